The number of fused-ring (bicyclic) bond motifs is 1. The minimum atomic E-state index is 0.0628. The molecule has 4 rings (SSSR count). The summed E-state index contributed by atoms with van der Waals surface area (Å²) in [5, 5.41) is 3.06. The van der Waals surface area contributed by atoms with E-state index in [1.165, 1.54) is 0 Å². The number of benzene rings is 3. The van der Waals surface area contributed by atoms with Gasteiger partial charge in [0.15, 0.2) is 11.5 Å². The zero-order chi connectivity index (χ0) is 25.2. The van der Waals surface area contributed by atoms with Crippen LogP contribution in [0.15, 0.2) is 72.8 Å². The Bertz CT molecular complexity index is 1280. The van der Waals surface area contributed by atoms with Crippen LogP contribution in [0.2, 0.25) is 0 Å². The van der Waals surface area contributed by atoms with E-state index in [-0.39, 0.29) is 5.91 Å². The second kappa shape index (κ2) is 12.8. The molecule has 0 saturated heterocycles. The van der Waals surface area contributed by atoms with Crippen molar-refractivity contribution in [1.82, 2.24) is 14.9 Å². The number of hydrogen-bond donors (Lipinski definition) is 1. The van der Waals surface area contributed by atoms with Crippen LogP contribution >= 0.6 is 0 Å². The van der Waals surface area contributed by atoms with Crippen molar-refractivity contribution >= 4 is 16.9 Å². The highest BCUT2D eigenvalue weighted by Crippen LogP contribution is 2.26. The summed E-state index contributed by atoms with van der Waals surface area (Å²) in [7, 11) is 1.66. The minimum Gasteiger partial charge on any atom is -0.493 e. The van der Waals surface area contributed by atoms with Gasteiger partial charge in [0.25, 0.3) is 0 Å². The summed E-state index contributed by atoms with van der Waals surface area (Å²) in [6.07, 6.45) is 3.99. The van der Waals surface area contributed by atoms with Gasteiger partial charge < -0.3 is 19.4 Å². The number of hydrogen-bond acceptors (Lipinski definition) is 4. The van der Waals surface area contributed by atoms with Crippen LogP contribution in [0.5, 0.6) is 11.5 Å². The smallest absolute Gasteiger partial charge is 0.224 e. The van der Waals surface area contributed by atoms with Crippen molar-refractivity contribution in [3.05, 3.63) is 89.7 Å². The van der Waals surface area contributed by atoms with Crippen molar-refractivity contribution in [3.63, 3.8) is 0 Å². The normalized spacial score (nSPS) is 10.9. The van der Waals surface area contributed by atoms with Gasteiger partial charge in [0.1, 0.15) is 5.82 Å². The Morgan fingerprint density at radius 2 is 1.67 bits per heavy atom. The van der Waals surface area contributed by atoms with E-state index in [1.54, 1.807) is 7.11 Å². The van der Waals surface area contributed by atoms with Gasteiger partial charge in [-0.1, -0.05) is 48.5 Å². The highest BCUT2D eigenvalue weighted by Gasteiger charge is 2.11. The van der Waals surface area contributed by atoms with Crippen molar-refractivity contribution in [2.75, 3.05) is 20.3 Å². The van der Waals surface area contributed by atoms with E-state index >= 15 is 0 Å². The lowest BCUT2D eigenvalue weighted by Crippen LogP contribution is -2.26. The molecule has 1 aromatic heterocycles. The molecular weight excluding hydrogens is 450 g/mol. The summed E-state index contributed by atoms with van der Waals surface area (Å²) in [6, 6.07) is 24.0. The van der Waals surface area contributed by atoms with Crippen LogP contribution < -0.4 is 14.8 Å². The largest absolute Gasteiger partial charge is 0.493 e. The van der Waals surface area contributed by atoms with Gasteiger partial charge in [-0.25, -0.2) is 4.98 Å². The quantitative estimate of drug-likeness (QED) is 0.254. The van der Waals surface area contributed by atoms with Crippen LogP contribution in [0, 0.1) is 6.92 Å². The number of nitrogens with zero attached hydrogens (tertiary/aromatic N) is 2. The first kappa shape index (κ1) is 25.3. The third kappa shape index (κ3) is 6.66. The topological polar surface area (TPSA) is 65.4 Å². The summed E-state index contributed by atoms with van der Waals surface area (Å²) in [5.41, 5.74) is 4.39. The van der Waals surface area contributed by atoms with E-state index in [0.717, 1.165) is 71.7 Å². The lowest BCUT2D eigenvalue weighted by Gasteiger charge is -2.12. The highest BCUT2D eigenvalue weighted by atomic mass is 16.5. The van der Waals surface area contributed by atoms with Gasteiger partial charge in [-0.15, -0.1) is 0 Å². The number of nitrogens with one attached hydrogen (secondary N) is 1. The van der Waals surface area contributed by atoms with Crippen molar-refractivity contribution in [2.45, 2.75) is 45.6 Å². The molecule has 3 aromatic carbocycles. The summed E-state index contributed by atoms with van der Waals surface area (Å²) in [5.74, 6) is 2.66. The maximum atomic E-state index is 12.4. The highest BCUT2D eigenvalue weighted by molar-refractivity contribution is 5.79. The molecule has 4 aromatic rings. The minimum absolute atomic E-state index is 0.0628. The monoisotopic (exact) mass is 485 g/mol. The van der Waals surface area contributed by atoms with E-state index < -0.39 is 0 Å². The molecule has 1 amide bonds. The number of methoxy groups -OCH3 is 1. The molecule has 6 nitrogen and oxygen atoms in total. The molecule has 0 atom stereocenters. The zero-order valence-electron chi connectivity index (χ0n) is 21.2. The van der Waals surface area contributed by atoms with Crippen LogP contribution in [0.25, 0.3) is 11.0 Å². The number of ether oxygens (including phenoxy) is 2. The lowest BCUT2D eigenvalue weighted by molar-refractivity contribution is -0.120. The molecule has 1 N–H and O–H groups in total. The molecular formula is C30H35N3O3. The number of amides is 1. The molecule has 0 saturated carbocycles. The van der Waals surface area contributed by atoms with Crippen LogP contribution in [-0.2, 0) is 24.2 Å². The second-order valence-corrected chi connectivity index (χ2v) is 8.93. The predicted octanol–water partition coefficient (Wildman–Crippen LogP) is 5.50. The number of para-hydroxylation sites is 4. The van der Waals surface area contributed by atoms with Crippen LogP contribution in [0.1, 0.15) is 36.2 Å². The van der Waals surface area contributed by atoms with Crippen LogP contribution in [0.3, 0.4) is 0 Å². The molecule has 188 valence electrons. The predicted molar refractivity (Wildman–Crippen MR) is 144 cm³/mol. The van der Waals surface area contributed by atoms with Crippen molar-refractivity contribution in [3.8, 4) is 11.5 Å². The summed E-state index contributed by atoms with van der Waals surface area (Å²) in [6.45, 7) is 4.19. The molecule has 0 spiro atoms. The lowest BCUT2D eigenvalue weighted by atomic mass is 10.1. The molecule has 0 aliphatic heterocycles. The van der Waals surface area contributed by atoms with E-state index in [2.05, 4.69) is 28.1 Å². The fraction of sp³-hybridized carbons (Fsp3) is 0.333. The fourth-order valence-electron chi connectivity index (χ4n) is 4.38. The first-order valence-corrected chi connectivity index (χ1v) is 12.7. The first-order chi connectivity index (χ1) is 17.7. The Hall–Kier alpha value is -3.80. The third-order valence-corrected chi connectivity index (χ3v) is 6.35. The standard InChI is InChI=1S/C30H35N3O3/c1-23-12-3-4-13-24(23)22-30(34)31-19-11-18-29-32-25-14-5-6-15-26(25)33(29)20-9-10-21-36-28-17-8-7-16-27(28)35-2/h3-8,12-17H,9-11,18-22H2,1-2H3,(H,31,34). The number of aromatic nitrogens is 2. The molecule has 6 heteroatoms. The maximum absolute atomic E-state index is 12.4. The molecule has 1 heterocycles. The molecule has 0 radical (unpaired) electrons. The molecule has 0 fully saturated rings. The van der Waals surface area contributed by atoms with E-state index in [1.807, 2.05) is 61.5 Å². The Balaban J connectivity index is 1.27. The van der Waals surface area contributed by atoms with Crippen LogP contribution in [0.4, 0.5) is 0 Å². The van der Waals surface area contributed by atoms with Crippen molar-refractivity contribution in [2.24, 2.45) is 0 Å². The number of carbonyl (C=O) groups excluding carboxylic acids is 1. The van der Waals surface area contributed by atoms with Gasteiger partial charge in [-0.2, -0.15) is 0 Å². The Kier molecular flexibility index (Phi) is 8.98. The molecule has 0 unspecified atom stereocenters. The number of imidazole rings is 1. The number of rotatable bonds is 13. The Labute approximate surface area is 213 Å². The molecule has 0 bridgehead atoms. The average Bonchev–Trinajstić information content (AvgIpc) is 3.25. The van der Waals surface area contributed by atoms with Gasteiger partial charge in [-0.3, -0.25) is 4.79 Å². The van der Waals surface area contributed by atoms with Gasteiger partial charge in [-0.05, 0) is 61.6 Å². The number of aryl methyl sites for hydroxylation is 3. The Morgan fingerprint density at radius 1 is 0.917 bits per heavy atom. The number of unbranched alkanes of at least 4 members (excludes halogenated alkanes) is 1. The van der Waals surface area contributed by atoms with E-state index in [0.29, 0.717) is 19.6 Å². The van der Waals surface area contributed by atoms with Crippen LogP contribution in [-0.4, -0.2) is 35.7 Å². The average molecular weight is 486 g/mol. The van der Waals surface area contributed by atoms with Gasteiger partial charge in [0.05, 0.1) is 31.2 Å². The van der Waals surface area contributed by atoms with E-state index in [9.17, 15) is 4.79 Å². The molecule has 0 aliphatic rings. The first-order valence-electron chi connectivity index (χ1n) is 12.7. The van der Waals surface area contributed by atoms with E-state index in [4.69, 9.17) is 14.5 Å². The fourth-order valence-corrected chi connectivity index (χ4v) is 4.38. The van der Waals surface area contributed by atoms with Crippen molar-refractivity contribution in [1.29, 1.82) is 0 Å². The van der Waals surface area contributed by atoms with Gasteiger partial charge >= 0.3 is 0 Å². The summed E-state index contributed by atoms with van der Waals surface area (Å²) in [4.78, 5) is 17.3. The SMILES string of the molecule is COc1ccccc1OCCCCn1c(CCCNC(=O)Cc2ccccc2C)nc2ccccc21. The van der Waals surface area contributed by atoms with Gasteiger partial charge in [0.2, 0.25) is 5.91 Å². The second-order valence-electron chi connectivity index (χ2n) is 8.93. The number of carbonyl (C=O) groups is 1. The molecule has 0 aliphatic carbocycles. The maximum Gasteiger partial charge on any atom is 0.224 e. The molecule has 36 heavy (non-hydrogen) atoms. The van der Waals surface area contributed by atoms with Crippen molar-refractivity contribution < 1.29 is 14.3 Å². The zero-order valence-corrected chi connectivity index (χ0v) is 21.2. The summed E-state index contributed by atoms with van der Waals surface area (Å²) >= 11 is 0. The van der Waals surface area contributed by atoms with Gasteiger partial charge in [0, 0.05) is 19.5 Å². The Morgan fingerprint density at radius 3 is 2.50 bits per heavy atom. The summed E-state index contributed by atoms with van der Waals surface area (Å²) < 4.78 is 13.6. The third-order valence-electron chi connectivity index (χ3n) is 6.35.